The Kier molecular flexibility index (Phi) is 2.39. The molecule has 2 rings (SSSR count). The summed E-state index contributed by atoms with van der Waals surface area (Å²) in [5.41, 5.74) is 6.31. The van der Waals surface area contributed by atoms with Crippen molar-refractivity contribution in [1.82, 2.24) is 0 Å². The van der Waals surface area contributed by atoms with Crippen molar-refractivity contribution >= 4 is 0 Å². The second-order valence-corrected chi connectivity index (χ2v) is 5.93. The summed E-state index contributed by atoms with van der Waals surface area (Å²) < 4.78 is 6.16. The maximum Gasteiger partial charge on any atom is 0.0704 e. The van der Waals surface area contributed by atoms with Crippen molar-refractivity contribution in [3.63, 3.8) is 0 Å². The molecule has 2 fully saturated rings. The zero-order chi connectivity index (χ0) is 10.4. The lowest BCUT2D eigenvalue weighted by atomic mass is 9.85. The summed E-state index contributed by atoms with van der Waals surface area (Å²) in [6.45, 7) is 7.66. The first-order valence-electron chi connectivity index (χ1n) is 5.86. The highest BCUT2D eigenvalue weighted by molar-refractivity contribution is 5.07. The first-order valence-corrected chi connectivity index (χ1v) is 5.86. The van der Waals surface area contributed by atoms with Gasteiger partial charge in [-0.25, -0.2) is 0 Å². The van der Waals surface area contributed by atoms with Crippen LogP contribution in [-0.2, 0) is 4.74 Å². The van der Waals surface area contributed by atoms with Crippen LogP contribution in [0, 0.1) is 11.3 Å². The molecule has 2 aliphatic rings. The molecule has 2 heteroatoms. The summed E-state index contributed by atoms with van der Waals surface area (Å²) in [4.78, 5) is 0. The van der Waals surface area contributed by atoms with Crippen LogP contribution in [0.3, 0.4) is 0 Å². The zero-order valence-electron chi connectivity index (χ0n) is 9.68. The van der Waals surface area contributed by atoms with Gasteiger partial charge in [-0.1, -0.05) is 13.8 Å². The third kappa shape index (κ3) is 1.70. The Morgan fingerprint density at radius 2 is 2.00 bits per heavy atom. The largest absolute Gasteiger partial charge is 0.370 e. The van der Waals surface area contributed by atoms with E-state index in [0.29, 0.717) is 18.1 Å². The van der Waals surface area contributed by atoms with Gasteiger partial charge in [0, 0.05) is 6.54 Å². The van der Waals surface area contributed by atoms with E-state index in [-0.39, 0.29) is 5.60 Å². The lowest BCUT2D eigenvalue weighted by Crippen LogP contribution is -2.43. The summed E-state index contributed by atoms with van der Waals surface area (Å²) >= 11 is 0. The van der Waals surface area contributed by atoms with E-state index in [2.05, 4.69) is 20.8 Å². The zero-order valence-corrected chi connectivity index (χ0v) is 9.68. The van der Waals surface area contributed by atoms with Crippen molar-refractivity contribution in [2.45, 2.75) is 58.2 Å². The van der Waals surface area contributed by atoms with Crippen LogP contribution in [0.25, 0.3) is 0 Å². The van der Waals surface area contributed by atoms with E-state index in [4.69, 9.17) is 10.5 Å². The standard InChI is InChI=1S/C12H23NO/c1-11(2)7-10(11)12(3)6-4-5-9(8-13)14-12/h9-10H,4-8,13H2,1-3H3. The molecule has 2 nitrogen and oxygen atoms in total. The van der Waals surface area contributed by atoms with Gasteiger partial charge >= 0.3 is 0 Å². The van der Waals surface area contributed by atoms with Crippen molar-refractivity contribution in [1.29, 1.82) is 0 Å². The average molecular weight is 197 g/mol. The van der Waals surface area contributed by atoms with Crippen molar-refractivity contribution in [2.24, 2.45) is 17.1 Å². The predicted octanol–water partition coefficient (Wildman–Crippen LogP) is 2.32. The summed E-state index contributed by atoms with van der Waals surface area (Å²) in [5, 5.41) is 0. The molecule has 3 atom stereocenters. The predicted molar refractivity (Wildman–Crippen MR) is 58.1 cm³/mol. The molecule has 82 valence electrons. The molecule has 0 radical (unpaired) electrons. The van der Waals surface area contributed by atoms with Gasteiger partial charge in [0.05, 0.1) is 11.7 Å². The Morgan fingerprint density at radius 1 is 1.36 bits per heavy atom. The molecular formula is C12H23NO. The van der Waals surface area contributed by atoms with Crippen LogP contribution in [0.5, 0.6) is 0 Å². The molecule has 0 aromatic carbocycles. The van der Waals surface area contributed by atoms with Gasteiger partial charge in [-0.3, -0.25) is 0 Å². The van der Waals surface area contributed by atoms with Crippen LogP contribution in [0.15, 0.2) is 0 Å². The van der Waals surface area contributed by atoms with Crippen LogP contribution in [0.1, 0.15) is 46.5 Å². The third-order valence-electron chi connectivity index (χ3n) is 4.15. The van der Waals surface area contributed by atoms with Crippen LogP contribution >= 0.6 is 0 Å². The number of nitrogens with two attached hydrogens (primary N) is 1. The minimum Gasteiger partial charge on any atom is -0.370 e. The highest BCUT2D eigenvalue weighted by atomic mass is 16.5. The van der Waals surface area contributed by atoms with E-state index in [9.17, 15) is 0 Å². The van der Waals surface area contributed by atoms with E-state index in [1.54, 1.807) is 0 Å². The Balaban J connectivity index is 2.01. The highest BCUT2D eigenvalue weighted by Crippen LogP contribution is 2.60. The molecule has 0 amide bonds. The highest BCUT2D eigenvalue weighted by Gasteiger charge is 2.57. The SMILES string of the molecule is CC1(C)CC1C1(C)CCCC(CN)O1. The summed E-state index contributed by atoms with van der Waals surface area (Å²) in [6.07, 6.45) is 5.29. The maximum absolute atomic E-state index is 6.16. The minimum absolute atomic E-state index is 0.117. The van der Waals surface area contributed by atoms with E-state index >= 15 is 0 Å². The fraction of sp³-hybridized carbons (Fsp3) is 1.00. The van der Waals surface area contributed by atoms with Gasteiger partial charge in [0.15, 0.2) is 0 Å². The van der Waals surface area contributed by atoms with E-state index in [1.165, 1.54) is 19.3 Å². The Hall–Kier alpha value is -0.0800. The smallest absolute Gasteiger partial charge is 0.0704 e. The van der Waals surface area contributed by atoms with E-state index < -0.39 is 0 Å². The van der Waals surface area contributed by atoms with Gasteiger partial charge < -0.3 is 10.5 Å². The molecule has 1 heterocycles. The summed E-state index contributed by atoms with van der Waals surface area (Å²) in [5.74, 6) is 0.754. The van der Waals surface area contributed by atoms with Gasteiger partial charge in [0.25, 0.3) is 0 Å². The number of rotatable bonds is 2. The molecule has 1 aliphatic carbocycles. The molecule has 0 aromatic heterocycles. The lowest BCUT2D eigenvalue weighted by molar-refractivity contribution is -0.131. The number of hydrogen-bond donors (Lipinski definition) is 1. The van der Waals surface area contributed by atoms with Crippen molar-refractivity contribution in [2.75, 3.05) is 6.54 Å². The molecule has 14 heavy (non-hydrogen) atoms. The second kappa shape index (κ2) is 3.21. The summed E-state index contributed by atoms with van der Waals surface area (Å²) in [7, 11) is 0. The van der Waals surface area contributed by atoms with E-state index in [1.807, 2.05) is 0 Å². The van der Waals surface area contributed by atoms with Gasteiger partial charge in [-0.2, -0.15) is 0 Å². The first kappa shape index (κ1) is 10.4. The number of hydrogen-bond acceptors (Lipinski definition) is 2. The van der Waals surface area contributed by atoms with Crippen LogP contribution in [0.2, 0.25) is 0 Å². The normalized spacial score (nSPS) is 46.3. The molecule has 1 saturated heterocycles. The fourth-order valence-corrected chi connectivity index (χ4v) is 3.11. The molecule has 0 spiro atoms. The first-order chi connectivity index (χ1) is 6.48. The van der Waals surface area contributed by atoms with Crippen LogP contribution in [-0.4, -0.2) is 18.2 Å². The molecule has 0 aromatic rings. The lowest BCUT2D eigenvalue weighted by Gasteiger charge is -2.40. The third-order valence-corrected chi connectivity index (χ3v) is 4.15. The molecule has 2 N–H and O–H groups in total. The Labute approximate surface area is 87.2 Å². The maximum atomic E-state index is 6.16. The molecular weight excluding hydrogens is 174 g/mol. The van der Waals surface area contributed by atoms with Gasteiger partial charge in [0.1, 0.15) is 0 Å². The quantitative estimate of drug-likeness (QED) is 0.737. The molecule has 1 saturated carbocycles. The number of ether oxygens (including phenoxy) is 1. The van der Waals surface area contributed by atoms with Crippen LogP contribution < -0.4 is 5.73 Å². The van der Waals surface area contributed by atoms with Gasteiger partial charge in [0.2, 0.25) is 0 Å². The van der Waals surface area contributed by atoms with Crippen molar-refractivity contribution < 1.29 is 4.74 Å². The van der Waals surface area contributed by atoms with Gasteiger partial charge in [-0.05, 0) is 43.9 Å². The van der Waals surface area contributed by atoms with Gasteiger partial charge in [-0.15, -0.1) is 0 Å². The fourth-order valence-electron chi connectivity index (χ4n) is 3.11. The Morgan fingerprint density at radius 3 is 2.50 bits per heavy atom. The molecule has 3 unspecified atom stereocenters. The van der Waals surface area contributed by atoms with Crippen molar-refractivity contribution in [3.8, 4) is 0 Å². The minimum atomic E-state index is 0.117. The van der Waals surface area contributed by atoms with E-state index in [0.717, 1.165) is 12.3 Å². The molecule has 1 aliphatic heterocycles. The molecule has 0 bridgehead atoms. The summed E-state index contributed by atoms with van der Waals surface area (Å²) in [6, 6.07) is 0. The average Bonchev–Trinajstić information content (AvgIpc) is 2.76. The van der Waals surface area contributed by atoms with Crippen molar-refractivity contribution in [3.05, 3.63) is 0 Å². The Bertz CT molecular complexity index is 226. The topological polar surface area (TPSA) is 35.2 Å². The monoisotopic (exact) mass is 197 g/mol. The van der Waals surface area contributed by atoms with Crippen LogP contribution in [0.4, 0.5) is 0 Å². The second-order valence-electron chi connectivity index (χ2n) is 5.93.